The zero-order chi connectivity index (χ0) is 22.1. The van der Waals surface area contributed by atoms with Crippen LogP contribution in [0.3, 0.4) is 0 Å². The van der Waals surface area contributed by atoms with Gasteiger partial charge in [-0.1, -0.05) is 12.1 Å². The molecule has 4 N–H and O–H groups in total. The van der Waals surface area contributed by atoms with Gasteiger partial charge in [0, 0.05) is 17.2 Å². The van der Waals surface area contributed by atoms with E-state index in [1.165, 1.54) is 24.3 Å². The zero-order valence-electron chi connectivity index (χ0n) is 16.4. The molecule has 0 radical (unpaired) electrons. The summed E-state index contributed by atoms with van der Waals surface area (Å²) in [7, 11) is 1.35. The summed E-state index contributed by atoms with van der Waals surface area (Å²) in [6.07, 6.45) is -3.27. The lowest BCUT2D eigenvalue weighted by molar-refractivity contribution is -0.149. The molecule has 1 amide bonds. The normalized spacial score (nSPS) is 24.3. The third-order valence-corrected chi connectivity index (χ3v) is 5.81. The second-order valence-electron chi connectivity index (χ2n) is 7.19. The minimum Gasteiger partial charge on any atom is -0.387 e. The number of carbonyl (C=O) groups is 1. The molecule has 11 nitrogen and oxygen atoms in total. The van der Waals surface area contributed by atoms with Gasteiger partial charge in [0.15, 0.2) is 29.4 Å². The summed E-state index contributed by atoms with van der Waals surface area (Å²) < 4.78 is 8.29. The molecule has 31 heavy (non-hydrogen) atoms. The van der Waals surface area contributed by atoms with Crippen LogP contribution in [0, 0.1) is 3.57 Å². The number of nitrogens with one attached hydrogen (secondary N) is 1. The minimum absolute atomic E-state index is 0.385. The molecule has 1 unspecified atom stereocenters. The van der Waals surface area contributed by atoms with Crippen LogP contribution < -0.4 is 5.32 Å². The molecule has 0 aliphatic carbocycles. The van der Waals surface area contributed by atoms with Crippen LogP contribution in [0.4, 0.5) is 5.82 Å². The van der Waals surface area contributed by atoms with Crippen LogP contribution in [-0.2, 0) is 16.1 Å². The molecule has 1 aliphatic heterocycles. The van der Waals surface area contributed by atoms with Gasteiger partial charge in [-0.15, -0.1) is 0 Å². The first kappa shape index (κ1) is 21.8. The van der Waals surface area contributed by atoms with Gasteiger partial charge in [0.25, 0.3) is 0 Å². The first-order valence-corrected chi connectivity index (χ1v) is 10.5. The summed E-state index contributed by atoms with van der Waals surface area (Å²) in [5.74, 6) is 0.507. The maximum absolute atomic E-state index is 10.9. The van der Waals surface area contributed by atoms with Crippen molar-refractivity contribution in [1.82, 2.24) is 24.4 Å². The van der Waals surface area contributed by atoms with E-state index in [0.29, 0.717) is 29.9 Å². The molecule has 0 saturated carbocycles. The highest BCUT2D eigenvalue weighted by Gasteiger charge is 2.48. The van der Waals surface area contributed by atoms with E-state index in [9.17, 15) is 20.1 Å². The van der Waals surface area contributed by atoms with Crippen LogP contribution in [-0.4, -0.2) is 77.7 Å². The predicted octanol–water partition coefficient (Wildman–Crippen LogP) is 0.0688. The van der Waals surface area contributed by atoms with E-state index >= 15 is 0 Å². The number of hydrogen-bond donors (Lipinski definition) is 4. The fourth-order valence-corrected chi connectivity index (χ4v) is 4.06. The number of aliphatic hydroxyl groups is 3. The maximum Gasteiger partial charge on any atom is 0.211 e. The number of ether oxygens (including phenoxy) is 1. The number of aromatic nitrogens is 4. The number of anilines is 1. The Morgan fingerprint density at radius 1 is 1.32 bits per heavy atom. The molecule has 3 aromatic rings. The lowest BCUT2D eigenvalue weighted by Gasteiger charge is -2.26. The number of hydrogen-bond acceptors (Lipinski definition) is 9. The van der Waals surface area contributed by atoms with Gasteiger partial charge in [-0.2, -0.15) is 0 Å². The van der Waals surface area contributed by atoms with Crippen LogP contribution in [0.1, 0.15) is 11.8 Å². The number of halogens is 1. The molecule has 0 bridgehead atoms. The first-order chi connectivity index (χ1) is 14.9. The maximum atomic E-state index is 10.9. The Morgan fingerprint density at radius 2 is 2.13 bits per heavy atom. The second kappa shape index (κ2) is 9.00. The Bertz CT molecular complexity index is 1080. The molecule has 5 atom stereocenters. The molecule has 4 rings (SSSR count). The monoisotopic (exact) mass is 540 g/mol. The molecule has 1 fully saturated rings. The van der Waals surface area contributed by atoms with Crippen LogP contribution in [0.25, 0.3) is 11.2 Å². The van der Waals surface area contributed by atoms with Crippen LogP contribution in [0.5, 0.6) is 0 Å². The van der Waals surface area contributed by atoms with E-state index in [1.807, 2.05) is 18.2 Å². The van der Waals surface area contributed by atoms with Crippen LogP contribution >= 0.6 is 22.6 Å². The highest BCUT2D eigenvalue weighted by Crippen LogP contribution is 2.34. The summed E-state index contributed by atoms with van der Waals surface area (Å²) >= 11 is 2.25. The van der Waals surface area contributed by atoms with Crippen molar-refractivity contribution in [2.24, 2.45) is 0 Å². The molecular formula is C19H21IN6O5. The topological polar surface area (TPSA) is 146 Å². The Labute approximate surface area is 190 Å². The third kappa shape index (κ3) is 4.21. The summed E-state index contributed by atoms with van der Waals surface area (Å²) in [6, 6.07) is 8.03. The largest absolute Gasteiger partial charge is 0.387 e. The van der Waals surface area contributed by atoms with Gasteiger partial charge in [0.2, 0.25) is 6.41 Å². The number of rotatable bonds is 7. The standard InChI is InChI=1S/C19H21IN6O5/c1-25(9-27)18(30)15-13(28)14(29)19(31-15)26-8-24-12-16(22-7-23-17(12)26)21-6-10-3-2-4-11(20)5-10/h2-5,7-9,13-15,18-19,28-30H,6H2,1H3,(H,21,22,23)/t13-,14+,15-,18?,19+/m0/s1. The zero-order valence-corrected chi connectivity index (χ0v) is 18.6. The Morgan fingerprint density at radius 3 is 2.87 bits per heavy atom. The van der Waals surface area contributed by atoms with Crippen LogP contribution in [0.15, 0.2) is 36.9 Å². The summed E-state index contributed by atoms with van der Waals surface area (Å²) in [5.41, 5.74) is 1.93. The molecule has 0 spiro atoms. The summed E-state index contributed by atoms with van der Waals surface area (Å²) in [4.78, 5) is 24.7. The lowest BCUT2D eigenvalue weighted by atomic mass is 10.1. The number of nitrogens with zero attached hydrogens (tertiary/aromatic N) is 5. The van der Waals surface area contributed by atoms with Crippen molar-refractivity contribution in [3.8, 4) is 0 Å². The van der Waals surface area contributed by atoms with Gasteiger partial charge in [-0.05, 0) is 40.3 Å². The number of likely N-dealkylation sites (N-methyl/N-ethyl adjacent to an activating group) is 1. The van der Waals surface area contributed by atoms with E-state index in [1.54, 1.807) is 0 Å². The predicted molar refractivity (Wildman–Crippen MR) is 118 cm³/mol. The number of fused-ring (bicyclic) bond motifs is 1. The fourth-order valence-electron chi connectivity index (χ4n) is 3.46. The van der Waals surface area contributed by atoms with E-state index in [4.69, 9.17) is 4.74 Å². The van der Waals surface area contributed by atoms with Crippen molar-refractivity contribution in [3.05, 3.63) is 46.1 Å². The second-order valence-corrected chi connectivity index (χ2v) is 8.43. The Kier molecular flexibility index (Phi) is 6.34. The minimum atomic E-state index is -1.43. The van der Waals surface area contributed by atoms with Gasteiger partial charge < -0.3 is 30.3 Å². The van der Waals surface area contributed by atoms with Crippen molar-refractivity contribution < 1.29 is 24.9 Å². The van der Waals surface area contributed by atoms with Crippen molar-refractivity contribution in [3.63, 3.8) is 0 Å². The van der Waals surface area contributed by atoms with Gasteiger partial charge in [0.05, 0.1) is 6.33 Å². The van der Waals surface area contributed by atoms with E-state index in [-0.39, 0.29) is 0 Å². The van der Waals surface area contributed by atoms with Crippen molar-refractivity contribution >= 4 is 46.0 Å². The SMILES string of the molecule is CN(C=O)C(O)[C@H]1O[C@@H](n2cnc3c(NCc4cccc(I)c4)ncnc32)[C@H](O)[C@@H]1O. The molecule has 3 heterocycles. The Balaban J connectivity index is 1.58. The number of carbonyl (C=O) groups excluding carboxylic acids is 1. The molecule has 1 aliphatic rings. The van der Waals surface area contributed by atoms with Gasteiger partial charge >= 0.3 is 0 Å². The number of amides is 1. The van der Waals surface area contributed by atoms with Crippen molar-refractivity contribution in [2.45, 2.75) is 37.3 Å². The number of imidazole rings is 1. The highest BCUT2D eigenvalue weighted by atomic mass is 127. The smallest absolute Gasteiger partial charge is 0.211 e. The van der Waals surface area contributed by atoms with Gasteiger partial charge in [-0.3, -0.25) is 9.36 Å². The highest BCUT2D eigenvalue weighted by molar-refractivity contribution is 14.1. The molecule has 2 aromatic heterocycles. The number of aliphatic hydroxyl groups excluding tert-OH is 3. The average molecular weight is 540 g/mol. The summed E-state index contributed by atoms with van der Waals surface area (Å²) in [5, 5.41) is 34.3. The Hall–Kier alpha value is -2.39. The first-order valence-electron chi connectivity index (χ1n) is 9.43. The molecule has 12 heteroatoms. The summed E-state index contributed by atoms with van der Waals surface area (Å²) in [6.45, 7) is 0.531. The quantitative estimate of drug-likeness (QED) is 0.186. The van der Waals surface area contributed by atoms with E-state index in [0.717, 1.165) is 14.0 Å². The molecule has 1 aromatic carbocycles. The molecular weight excluding hydrogens is 519 g/mol. The fraction of sp³-hybridized carbons (Fsp3) is 0.368. The number of benzene rings is 1. The third-order valence-electron chi connectivity index (χ3n) is 5.13. The average Bonchev–Trinajstić information content (AvgIpc) is 3.33. The van der Waals surface area contributed by atoms with Crippen molar-refractivity contribution in [1.29, 1.82) is 0 Å². The van der Waals surface area contributed by atoms with E-state index in [2.05, 4.69) is 48.9 Å². The van der Waals surface area contributed by atoms with Gasteiger partial charge in [-0.25, -0.2) is 15.0 Å². The molecule has 1 saturated heterocycles. The molecule has 164 valence electrons. The van der Waals surface area contributed by atoms with Gasteiger partial charge in [0.1, 0.15) is 24.6 Å². The van der Waals surface area contributed by atoms with E-state index < -0.39 is 30.8 Å². The van der Waals surface area contributed by atoms with Crippen molar-refractivity contribution in [2.75, 3.05) is 12.4 Å². The van der Waals surface area contributed by atoms with Crippen LogP contribution in [0.2, 0.25) is 0 Å². The lowest BCUT2D eigenvalue weighted by Crippen LogP contribution is -2.46.